The van der Waals surface area contributed by atoms with Crippen LogP contribution >= 0.6 is 0 Å². The Kier molecular flexibility index (Phi) is 7.52. The number of carbonyl (C=O) groups excluding carboxylic acids is 1. The van der Waals surface area contributed by atoms with Gasteiger partial charge in [-0.3, -0.25) is 9.69 Å². The fourth-order valence-corrected chi connectivity index (χ4v) is 2.87. The van der Waals surface area contributed by atoms with E-state index in [4.69, 9.17) is 4.74 Å². The number of amides is 1. The third-order valence-electron chi connectivity index (χ3n) is 4.27. The second kappa shape index (κ2) is 9.65. The van der Waals surface area contributed by atoms with Crippen LogP contribution in [-0.2, 0) is 22.7 Å². The first-order valence-corrected chi connectivity index (χ1v) is 8.53. The topological polar surface area (TPSA) is 53.6 Å². The molecule has 2 N–H and O–H groups in total. The molecule has 128 valence electrons. The third kappa shape index (κ3) is 6.29. The summed E-state index contributed by atoms with van der Waals surface area (Å²) < 4.78 is 5.38. The average molecular weight is 319 g/mol. The van der Waals surface area contributed by atoms with Gasteiger partial charge in [0, 0.05) is 25.7 Å². The predicted octanol–water partition coefficient (Wildman–Crippen LogP) is 1.52. The minimum absolute atomic E-state index is 0.0974. The van der Waals surface area contributed by atoms with Crippen LogP contribution in [0.25, 0.3) is 0 Å². The molecule has 1 atom stereocenters. The first-order valence-electron chi connectivity index (χ1n) is 8.53. The van der Waals surface area contributed by atoms with Gasteiger partial charge in [0.25, 0.3) is 0 Å². The Morgan fingerprint density at radius 2 is 2.04 bits per heavy atom. The molecule has 1 unspecified atom stereocenters. The van der Waals surface area contributed by atoms with Crippen LogP contribution in [0.5, 0.6) is 0 Å². The molecule has 0 bridgehead atoms. The van der Waals surface area contributed by atoms with E-state index in [0.717, 1.165) is 37.2 Å². The van der Waals surface area contributed by atoms with Crippen LogP contribution in [0.4, 0.5) is 0 Å². The van der Waals surface area contributed by atoms with Gasteiger partial charge in [0.2, 0.25) is 5.91 Å². The van der Waals surface area contributed by atoms with Crippen molar-refractivity contribution in [2.45, 2.75) is 39.0 Å². The molecule has 23 heavy (non-hydrogen) atoms. The Balaban J connectivity index is 1.71. The summed E-state index contributed by atoms with van der Waals surface area (Å²) in [6.07, 6.45) is 2.35. The molecule has 0 saturated carbocycles. The van der Waals surface area contributed by atoms with E-state index in [0.29, 0.717) is 25.7 Å². The summed E-state index contributed by atoms with van der Waals surface area (Å²) >= 11 is 0. The molecule has 1 aromatic carbocycles. The van der Waals surface area contributed by atoms with E-state index >= 15 is 0 Å². The molecule has 5 nitrogen and oxygen atoms in total. The average Bonchev–Trinajstić information content (AvgIpc) is 2.59. The van der Waals surface area contributed by atoms with Crippen LogP contribution in [-0.4, -0.2) is 50.1 Å². The van der Waals surface area contributed by atoms with Crippen molar-refractivity contribution >= 4 is 5.91 Å². The lowest BCUT2D eigenvalue weighted by Gasteiger charge is -2.31. The standard InChI is InChI=1S/C18H29N3O2/c1-3-23-14-16-8-6-15(7-9-16)11-20-18(22)13-21-10-4-5-17(12-21)19-2/h6-9,17,19H,3-5,10-14H2,1-2H3,(H,20,22). The molecule has 5 heteroatoms. The van der Waals surface area contributed by atoms with E-state index in [2.05, 4.69) is 27.7 Å². The van der Waals surface area contributed by atoms with Crippen LogP contribution in [0.1, 0.15) is 30.9 Å². The molecule has 0 radical (unpaired) electrons. The summed E-state index contributed by atoms with van der Waals surface area (Å²) in [5.41, 5.74) is 2.28. The van der Waals surface area contributed by atoms with Gasteiger partial charge in [0.15, 0.2) is 0 Å². The molecule has 0 aliphatic carbocycles. The van der Waals surface area contributed by atoms with Gasteiger partial charge < -0.3 is 15.4 Å². The van der Waals surface area contributed by atoms with Gasteiger partial charge in [-0.05, 0) is 44.5 Å². The van der Waals surface area contributed by atoms with Crippen LogP contribution in [0.2, 0.25) is 0 Å². The maximum Gasteiger partial charge on any atom is 0.234 e. The highest BCUT2D eigenvalue weighted by Gasteiger charge is 2.19. The molecule has 0 spiro atoms. The summed E-state index contributed by atoms with van der Waals surface area (Å²) in [6.45, 7) is 6.39. The molecule has 1 amide bonds. The molecule has 1 fully saturated rings. The molecular formula is C18H29N3O2. The lowest BCUT2D eigenvalue weighted by atomic mass is 10.1. The summed E-state index contributed by atoms with van der Waals surface area (Å²) in [6, 6.07) is 8.71. The number of benzene rings is 1. The van der Waals surface area contributed by atoms with Crippen molar-refractivity contribution in [2.24, 2.45) is 0 Å². The van der Waals surface area contributed by atoms with Gasteiger partial charge >= 0.3 is 0 Å². The summed E-state index contributed by atoms with van der Waals surface area (Å²) in [5.74, 6) is 0.0974. The largest absolute Gasteiger partial charge is 0.377 e. The Morgan fingerprint density at radius 1 is 1.30 bits per heavy atom. The molecule has 1 saturated heterocycles. The predicted molar refractivity (Wildman–Crippen MR) is 92.1 cm³/mol. The number of piperidine rings is 1. The van der Waals surface area contributed by atoms with Gasteiger partial charge in [-0.15, -0.1) is 0 Å². The Bertz CT molecular complexity index is 476. The van der Waals surface area contributed by atoms with E-state index < -0.39 is 0 Å². The second-order valence-corrected chi connectivity index (χ2v) is 6.09. The zero-order valence-electron chi connectivity index (χ0n) is 14.3. The SMILES string of the molecule is CCOCc1ccc(CNC(=O)CN2CCCC(NC)C2)cc1. The molecule has 2 rings (SSSR count). The fraction of sp³-hybridized carbons (Fsp3) is 0.611. The van der Waals surface area contributed by atoms with Crippen LogP contribution < -0.4 is 10.6 Å². The number of rotatable bonds is 8. The minimum Gasteiger partial charge on any atom is -0.377 e. The highest BCUT2D eigenvalue weighted by atomic mass is 16.5. The smallest absolute Gasteiger partial charge is 0.234 e. The number of nitrogens with one attached hydrogen (secondary N) is 2. The lowest BCUT2D eigenvalue weighted by Crippen LogP contribution is -2.47. The van der Waals surface area contributed by atoms with E-state index in [1.165, 1.54) is 6.42 Å². The van der Waals surface area contributed by atoms with E-state index in [1.54, 1.807) is 0 Å². The second-order valence-electron chi connectivity index (χ2n) is 6.09. The molecule has 1 heterocycles. The summed E-state index contributed by atoms with van der Waals surface area (Å²) in [4.78, 5) is 14.3. The van der Waals surface area contributed by atoms with Gasteiger partial charge in [0.1, 0.15) is 0 Å². The quantitative estimate of drug-likeness (QED) is 0.763. The molecule has 1 aromatic rings. The number of likely N-dealkylation sites (tertiary alicyclic amines) is 1. The van der Waals surface area contributed by atoms with Crippen molar-refractivity contribution < 1.29 is 9.53 Å². The van der Waals surface area contributed by atoms with Crippen molar-refractivity contribution in [1.82, 2.24) is 15.5 Å². The molecular weight excluding hydrogens is 290 g/mol. The van der Waals surface area contributed by atoms with Crippen molar-refractivity contribution in [3.05, 3.63) is 35.4 Å². The fourth-order valence-electron chi connectivity index (χ4n) is 2.87. The monoisotopic (exact) mass is 319 g/mol. The number of nitrogens with zero attached hydrogens (tertiary/aromatic N) is 1. The number of carbonyl (C=O) groups is 1. The van der Waals surface area contributed by atoms with E-state index in [-0.39, 0.29) is 5.91 Å². The van der Waals surface area contributed by atoms with Crippen molar-refractivity contribution in [1.29, 1.82) is 0 Å². The van der Waals surface area contributed by atoms with Crippen LogP contribution in [0.3, 0.4) is 0 Å². The zero-order chi connectivity index (χ0) is 16.5. The van der Waals surface area contributed by atoms with Gasteiger partial charge in [-0.2, -0.15) is 0 Å². The lowest BCUT2D eigenvalue weighted by molar-refractivity contribution is -0.122. The third-order valence-corrected chi connectivity index (χ3v) is 4.27. The van der Waals surface area contributed by atoms with Gasteiger partial charge in [-0.25, -0.2) is 0 Å². The van der Waals surface area contributed by atoms with E-state index in [1.807, 2.05) is 26.1 Å². The first-order chi connectivity index (χ1) is 11.2. The maximum absolute atomic E-state index is 12.1. The number of ether oxygens (including phenoxy) is 1. The number of likely N-dealkylation sites (N-methyl/N-ethyl adjacent to an activating group) is 1. The maximum atomic E-state index is 12.1. The van der Waals surface area contributed by atoms with Gasteiger partial charge in [-0.1, -0.05) is 24.3 Å². The van der Waals surface area contributed by atoms with Crippen LogP contribution in [0.15, 0.2) is 24.3 Å². The summed E-state index contributed by atoms with van der Waals surface area (Å²) in [5, 5.41) is 6.31. The van der Waals surface area contributed by atoms with Crippen molar-refractivity contribution in [2.75, 3.05) is 33.3 Å². The highest BCUT2D eigenvalue weighted by molar-refractivity contribution is 5.78. The van der Waals surface area contributed by atoms with Gasteiger partial charge in [0.05, 0.1) is 13.2 Å². The zero-order valence-corrected chi connectivity index (χ0v) is 14.3. The molecule has 0 aromatic heterocycles. The normalized spacial score (nSPS) is 18.8. The number of hydrogen-bond acceptors (Lipinski definition) is 4. The minimum atomic E-state index is 0.0974. The Morgan fingerprint density at radius 3 is 2.74 bits per heavy atom. The van der Waals surface area contributed by atoms with E-state index in [9.17, 15) is 4.79 Å². The first kappa shape index (κ1) is 17.9. The van der Waals surface area contributed by atoms with Crippen molar-refractivity contribution in [3.8, 4) is 0 Å². The number of hydrogen-bond donors (Lipinski definition) is 2. The molecule has 1 aliphatic rings. The Labute approximate surface area is 139 Å². The summed E-state index contributed by atoms with van der Waals surface area (Å²) in [7, 11) is 1.99. The highest BCUT2D eigenvalue weighted by Crippen LogP contribution is 2.09. The molecule has 1 aliphatic heterocycles. The Hall–Kier alpha value is -1.43. The van der Waals surface area contributed by atoms with Crippen molar-refractivity contribution in [3.63, 3.8) is 0 Å². The van der Waals surface area contributed by atoms with Crippen LogP contribution in [0, 0.1) is 0 Å².